The average Bonchev–Trinajstić information content (AvgIpc) is 2.25. The molecule has 0 fully saturated rings. The molecule has 0 saturated carbocycles. The Morgan fingerprint density at radius 2 is 1.93 bits per heavy atom. The van der Waals surface area contributed by atoms with Gasteiger partial charge in [-0.05, 0) is 6.42 Å². The van der Waals surface area contributed by atoms with E-state index in [1.807, 2.05) is 0 Å². The zero-order chi connectivity index (χ0) is 11.1. The van der Waals surface area contributed by atoms with Crippen LogP contribution in [-0.2, 0) is 0 Å². The summed E-state index contributed by atoms with van der Waals surface area (Å²) in [5.74, 6) is 1.28. The normalized spacial score (nSPS) is 10.3. The molecule has 5 heteroatoms. The third-order valence-electron chi connectivity index (χ3n) is 2.03. The first-order valence-electron chi connectivity index (χ1n) is 5.06. The molecule has 84 valence electrons. The van der Waals surface area contributed by atoms with Gasteiger partial charge in [0.25, 0.3) is 0 Å². The molecular formula is C10H15Cl2N3. The van der Waals surface area contributed by atoms with Gasteiger partial charge >= 0.3 is 0 Å². The van der Waals surface area contributed by atoms with E-state index in [4.69, 9.17) is 23.2 Å². The Morgan fingerprint density at radius 3 is 2.47 bits per heavy atom. The Kier molecular flexibility index (Phi) is 5.73. The fourth-order valence-corrected chi connectivity index (χ4v) is 1.53. The number of anilines is 1. The number of hydrogen-bond acceptors (Lipinski definition) is 3. The van der Waals surface area contributed by atoms with Crippen molar-refractivity contribution in [2.45, 2.75) is 19.8 Å². The molecule has 0 aliphatic rings. The largest absolute Gasteiger partial charge is 0.340 e. The highest BCUT2D eigenvalue weighted by molar-refractivity contribution is 6.30. The minimum absolute atomic E-state index is 0.556. The van der Waals surface area contributed by atoms with Gasteiger partial charge in [0.1, 0.15) is 0 Å². The lowest BCUT2D eigenvalue weighted by atomic mass is 10.3. The summed E-state index contributed by atoms with van der Waals surface area (Å²) < 4.78 is 0. The number of unbranched alkanes of at least 4 members (excludes halogenated alkanes) is 1. The first-order valence-corrected chi connectivity index (χ1v) is 5.97. The van der Waals surface area contributed by atoms with Gasteiger partial charge in [0, 0.05) is 19.0 Å². The smallest absolute Gasteiger partial charge is 0.225 e. The molecule has 0 aliphatic carbocycles. The minimum Gasteiger partial charge on any atom is -0.340 e. The molecule has 0 aromatic carbocycles. The van der Waals surface area contributed by atoms with E-state index >= 15 is 0 Å². The SMILES string of the molecule is CCCCN(CCCl)c1ncc(Cl)cn1. The van der Waals surface area contributed by atoms with Crippen molar-refractivity contribution < 1.29 is 0 Å². The van der Waals surface area contributed by atoms with Crippen LogP contribution in [0.3, 0.4) is 0 Å². The Labute approximate surface area is 100 Å². The maximum atomic E-state index is 5.73. The van der Waals surface area contributed by atoms with Crippen molar-refractivity contribution in [1.82, 2.24) is 9.97 Å². The Bertz CT molecular complexity index is 277. The first kappa shape index (κ1) is 12.5. The van der Waals surface area contributed by atoms with E-state index in [-0.39, 0.29) is 0 Å². The van der Waals surface area contributed by atoms with Crippen LogP contribution in [0.4, 0.5) is 5.95 Å². The average molecular weight is 248 g/mol. The summed E-state index contributed by atoms with van der Waals surface area (Å²) in [5, 5.41) is 0.556. The molecular weight excluding hydrogens is 233 g/mol. The molecule has 0 unspecified atom stereocenters. The van der Waals surface area contributed by atoms with Crippen LogP contribution in [0.25, 0.3) is 0 Å². The number of rotatable bonds is 6. The van der Waals surface area contributed by atoms with E-state index in [1.165, 1.54) is 0 Å². The molecule has 0 N–H and O–H groups in total. The molecule has 1 rings (SSSR count). The van der Waals surface area contributed by atoms with Crippen molar-refractivity contribution in [3.8, 4) is 0 Å². The van der Waals surface area contributed by atoms with Crippen molar-refractivity contribution in [1.29, 1.82) is 0 Å². The summed E-state index contributed by atoms with van der Waals surface area (Å²) in [4.78, 5) is 10.4. The molecule has 1 aromatic heterocycles. The Morgan fingerprint density at radius 1 is 1.27 bits per heavy atom. The fourth-order valence-electron chi connectivity index (χ4n) is 1.23. The lowest BCUT2D eigenvalue weighted by Gasteiger charge is -2.20. The second kappa shape index (κ2) is 6.85. The fraction of sp³-hybridized carbons (Fsp3) is 0.600. The van der Waals surface area contributed by atoms with Crippen LogP contribution in [0.1, 0.15) is 19.8 Å². The molecule has 0 amide bonds. The maximum Gasteiger partial charge on any atom is 0.225 e. The van der Waals surface area contributed by atoms with Crippen molar-refractivity contribution in [3.05, 3.63) is 17.4 Å². The van der Waals surface area contributed by atoms with Crippen LogP contribution in [0, 0.1) is 0 Å². The topological polar surface area (TPSA) is 29.0 Å². The minimum atomic E-state index is 0.556. The zero-order valence-corrected chi connectivity index (χ0v) is 10.3. The second-order valence-electron chi connectivity index (χ2n) is 3.23. The summed E-state index contributed by atoms with van der Waals surface area (Å²) in [7, 11) is 0. The van der Waals surface area contributed by atoms with E-state index in [2.05, 4.69) is 21.8 Å². The van der Waals surface area contributed by atoms with E-state index in [9.17, 15) is 0 Å². The lowest BCUT2D eigenvalue weighted by molar-refractivity contribution is 0.715. The number of aromatic nitrogens is 2. The summed E-state index contributed by atoms with van der Waals surface area (Å²) in [6.07, 6.45) is 5.48. The first-order chi connectivity index (χ1) is 7.27. The second-order valence-corrected chi connectivity index (χ2v) is 4.05. The molecule has 0 atom stereocenters. The lowest BCUT2D eigenvalue weighted by Crippen LogP contribution is -2.28. The highest BCUT2D eigenvalue weighted by atomic mass is 35.5. The molecule has 1 heterocycles. The van der Waals surface area contributed by atoms with Crippen molar-refractivity contribution in [2.24, 2.45) is 0 Å². The van der Waals surface area contributed by atoms with Crippen LogP contribution >= 0.6 is 23.2 Å². The van der Waals surface area contributed by atoms with Gasteiger partial charge in [0.2, 0.25) is 5.95 Å². The van der Waals surface area contributed by atoms with Gasteiger partial charge in [-0.2, -0.15) is 0 Å². The van der Waals surface area contributed by atoms with Gasteiger partial charge in [-0.15, -0.1) is 11.6 Å². The van der Waals surface area contributed by atoms with E-state index in [1.54, 1.807) is 12.4 Å². The van der Waals surface area contributed by atoms with Gasteiger partial charge in [0.05, 0.1) is 17.4 Å². The van der Waals surface area contributed by atoms with E-state index in [0.29, 0.717) is 16.9 Å². The van der Waals surface area contributed by atoms with E-state index < -0.39 is 0 Å². The Balaban J connectivity index is 2.65. The molecule has 3 nitrogen and oxygen atoms in total. The highest BCUT2D eigenvalue weighted by Crippen LogP contribution is 2.11. The Hall–Kier alpha value is -0.540. The standard InChI is InChI=1S/C10H15Cl2N3/c1-2-3-5-15(6-4-11)10-13-7-9(12)8-14-10/h7-8H,2-6H2,1H3. The molecule has 0 spiro atoms. The van der Waals surface area contributed by atoms with E-state index in [0.717, 1.165) is 25.9 Å². The van der Waals surface area contributed by atoms with Gasteiger partial charge in [0.15, 0.2) is 0 Å². The van der Waals surface area contributed by atoms with Crippen LogP contribution in [0.15, 0.2) is 12.4 Å². The molecule has 1 aromatic rings. The molecule has 0 bridgehead atoms. The quantitative estimate of drug-likeness (QED) is 0.724. The summed E-state index contributed by atoms with van der Waals surface area (Å²) >= 11 is 11.5. The van der Waals surface area contributed by atoms with Crippen LogP contribution in [-0.4, -0.2) is 28.9 Å². The predicted molar refractivity (Wildman–Crippen MR) is 64.9 cm³/mol. The van der Waals surface area contributed by atoms with Gasteiger partial charge < -0.3 is 4.90 Å². The number of nitrogens with zero attached hydrogens (tertiary/aromatic N) is 3. The zero-order valence-electron chi connectivity index (χ0n) is 8.79. The van der Waals surface area contributed by atoms with Gasteiger partial charge in [-0.25, -0.2) is 9.97 Å². The number of hydrogen-bond donors (Lipinski definition) is 0. The number of alkyl halides is 1. The van der Waals surface area contributed by atoms with Crippen LogP contribution in [0.2, 0.25) is 5.02 Å². The molecule has 15 heavy (non-hydrogen) atoms. The van der Waals surface area contributed by atoms with Crippen LogP contribution in [0.5, 0.6) is 0 Å². The third kappa shape index (κ3) is 4.22. The molecule has 0 aliphatic heterocycles. The summed E-state index contributed by atoms with van der Waals surface area (Å²) in [6.45, 7) is 3.86. The summed E-state index contributed by atoms with van der Waals surface area (Å²) in [6, 6.07) is 0. The predicted octanol–water partition coefficient (Wildman–Crippen LogP) is 2.98. The summed E-state index contributed by atoms with van der Waals surface area (Å²) in [5.41, 5.74) is 0. The highest BCUT2D eigenvalue weighted by Gasteiger charge is 2.07. The number of halogens is 2. The van der Waals surface area contributed by atoms with Crippen molar-refractivity contribution in [2.75, 3.05) is 23.9 Å². The van der Waals surface area contributed by atoms with Crippen LogP contribution < -0.4 is 4.90 Å². The van der Waals surface area contributed by atoms with Crippen molar-refractivity contribution in [3.63, 3.8) is 0 Å². The molecule has 0 radical (unpaired) electrons. The van der Waals surface area contributed by atoms with Crippen molar-refractivity contribution >= 4 is 29.2 Å². The van der Waals surface area contributed by atoms with Gasteiger partial charge in [-0.3, -0.25) is 0 Å². The van der Waals surface area contributed by atoms with Gasteiger partial charge in [-0.1, -0.05) is 24.9 Å². The third-order valence-corrected chi connectivity index (χ3v) is 2.39. The monoisotopic (exact) mass is 247 g/mol. The molecule has 0 saturated heterocycles. The maximum absolute atomic E-state index is 5.73.